The van der Waals surface area contributed by atoms with Gasteiger partial charge in [0.1, 0.15) is 5.03 Å². The lowest BCUT2D eigenvalue weighted by Gasteiger charge is -2.08. The molecule has 1 aromatic heterocycles. The van der Waals surface area contributed by atoms with E-state index in [-0.39, 0.29) is 5.91 Å². The largest absolute Gasteiger partial charge is 0.379 e. The highest BCUT2D eigenvalue weighted by atomic mass is 33.1. The summed E-state index contributed by atoms with van der Waals surface area (Å²) in [5.41, 5.74) is 8.09. The Kier molecular flexibility index (Phi) is 18.3. The van der Waals surface area contributed by atoms with Crippen molar-refractivity contribution in [3.63, 3.8) is 0 Å². The molecule has 0 saturated carbocycles. The number of amides is 1. The first-order valence-corrected chi connectivity index (χ1v) is 11.9. The maximum absolute atomic E-state index is 11.7. The van der Waals surface area contributed by atoms with Crippen LogP contribution in [0.1, 0.15) is 6.42 Å². The van der Waals surface area contributed by atoms with E-state index in [0.717, 1.165) is 10.8 Å². The lowest BCUT2D eigenvalue weighted by molar-refractivity contribution is -0.120. The van der Waals surface area contributed by atoms with Gasteiger partial charge in [-0.25, -0.2) is 4.98 Å². The first-order valence-electron chi connectivity index (χ1n) is 9.62. The van der Waals surface area contributed by atoms with Crippen molar-refractivity contribution < 1.29 is 23.7 Å². The van der Waals surface area contributed by atoms with Gasteiger partial charge >= 0.3 is 0 Å². The Bertz CT molecular complexity index is 594. The summed E-state index contributed by atoms with van der Waals surface area (Å²) in [6.07, 6.45) is 2.22. The van der Waals surface area contributed by atoms with Crippen LogP contribution < -0.4 is 5.32 Å². The lowest BCUT2D eigenvalue weighted by Crippen LogP contribution is -2.27. The zero-order chi connectivity index (χ0) is 21.5. The molecule has 1 heterocycles. The van der Waals surface area contributed by atoms with Gasteiger partial charge in [0.2, 0.25) is 5.91 Å². The van der Waals surface area contributed by atoms with E-state index in [9.17, 15) is 4.79 Å². The van der Waals surface area contributed by atoms with Crippen molar-refractivity contribution in [3.05, 3.63) is 34.8 Å². The van der Waals surface area contributed by atoms with Crippen LogP contribution in [-0.4, -0.2) is 82.6 Å². The SMILES string of the molecule is [N-]=[N+]=NCCOCCOCCOCCOCCNC(=O)CCSSc1ccccn1. The molecule has 0 radical (unpaired) electrons. The van der Waals surface area contributed by atoms with Gasteiger partial charge in [0.05, 0.1) is 52.9 Å². The summed E-state index contributed by atoms with van der Waals surface area (Å²) in [5, 5.41) is 7.13. The van der Waals surface area contributed by atoms with Gasteiger partial charge in [0, 0.05) is 36.4 Å². The van der Waals surface area contributed by atoms with Gasteiger partial charge in [-0.05, 0) is 28.5 Å². The van der Waals surface area contributed by atoms with Crippen molar-refractivity contribution in [2.45, 2.75) is 11.4 Å². The van der Waals surface area contributed by atoms with Gasteiger partial charge in [-0.3, -0.25) is 4.79 Å². The number of ether oxygens (including phenoxy) is 4. The molecule has 0 saturated heterocycles. The number of azide groups is 1. The molecule has 1 N–H and O–H groups in total. The number of nitrogens with one attached hydrogen (secondary N) is 1. The van der Waals surface area contributed by atoms with Crippen LogP contribution >= 0.6 is 21.6 Å². The minimum absolute atomic E-state index is 0.0166. The summed E-state index contributed by atoms with van der Waals surface area (Å²) >= 11 is 0. The van der Waals surface area contributed by atoms with Crippen LogP contribution in [0, 0.1) is 0 Å². The smallest absolute Gasteiger partial charge is 0.220 e. The predicted molar refractivity (Wildman–Crippen MR) is 117 cm³/mol. The molecule has 0 atom stereocenters. The number of carbonyl (C=O) groups excluding carboxylic acids is 1. The normalized spacial score (nSPS) is 10.5. The quantitative estimate of drug-likeness (QED) is 0.104. The van der Waals surface area contributed by atoms with Crippen molar-refractivity contribution >= 4 is 27.5 Å². The lowest BCUT2D eigenvalue weighted by atomic mass is 10.4. The Balaban J connectivity index is 1.75. The van der Waals surface area contributed by atoms with E-state index in [4.69, 9.17) is 24.5 Å². The van der Waals surface area contributed by atoms with Crippen LogP contribution in [0.25, 0.3) is 10.4 Å². The average Bonchev–Trinajstić information content (AvgIpc) is 2.77. The molecule has 0 aromatic carbocycles. The summed E-state index contributed by atoms with van der Waals surface area (Å²) in [5.74, 6) is 0.744. The molecule has 1 aromatic rings. The number of hydrogen-bond donors (Lipinski definition) is 1. The van der Waals surface area contributed by atoms with Gasteiger partial charge in [-0.1, -0.05) is 22.0 Å². The fourth-order valence-electron chi connectivity index (χ4n) is 1.90. The molecule has 0 aliphatic heterocycles. The highest BCUT2D eigenvalue weighted by Crippen LogP contribution is 2.29. The van der Waals surface area contributed by atoms with Gasteiger partial charge in [0.25, 0.3) is 0 Å². The second-order valence-corrected chi connectivity index (χ2v) is 8.01. The second-order valence-electron chi connectivity index (χ2n) is 5.58. The summed E-state index contributed by atoms with van der Waals surface area (Å²) < 4.78 is 21.3. The van der Waals surface area contributed by atoms with Gasteiger partial charge in [-0.2, -0.15) is 0 Å². The van der Waals surface area contributed by atoms with Gasteiger partial charge in [-0.15, -0.1) is 0 Å². The Morgan fingerprint density at radius 3 is 2.33 bits per heavy atom. The molecule has 0 aliphatic carbocycles. The van der Waals surface area contributed by atoms with E-state index < -0.39 is 0 Å². The zero-order valence-electron chi connectivity index (χ0n) is 16.9. The molecular formula is C18H29N5O5S2. The molecule has 0 bridgehead atoms. The highest BCUT2D eigenvalue weighted by Gasteiger charge is 2.02. The van der Waals surface area contributed by atoms with Crippen molar-refractivity contribution in [1.29, 1.82) is 0 Å². The third-order valence-electron chi connectivity index (χ3n) is 3.28. The summed E-state index contributed by atoms with van der Waals surface area (Å²) in [6.45, 7) is 4.48. The number of carbonyl (C=O) groups is 1. The second kappa shape index (κ2) is 20.7. The van der Waals surface area contributed by atoms with Crippen LogP contribution in [0.2, 0.25) is 0 Å². The molecule has 30 heavy (non-hydrogen) atoms. The van der Waals surface area contributed by atoms with Crippen molar-refractivity contribution in [2.24, 2.45) is 5.11 Å². The van der Waals surface area contributed by atoms with E-state index in [2.05, 4.69) is 20.3 Å². The first-order chi connectivity index (χ1) is 14.8. The number of aromatic nitrogens is 1. The topological polar surface area (TPSA) is 128 Å². The number of nitrogens with zero attached hydrogens (tertiary/aromatic N) is 4. The van der Waals surface area contributed by atoms with Crippen LogP contribution in [-0.2, 0) is 23.7 Å². The number of hydrogen-bond acceptors (Lipinski definition) is 9. The standard InChI is InChI=1S/C18H29N5O5S2/c19-23-22-7-9-26-11-13-28-15-14-27-12-10-25-8-6-20-17(24)4-16-29-30-18-3-1-2-5-21-18/h1-3,5H,4,6-16H2,(H,20,24). The maximum Gasteiger partial charge on any atom is 0.220 e. The van der Waals surface area contributed by atoms with Crippen LogP contribution in [0.3, 0.4) is 0 Å². The van der Waals surface area contributed by atoms with E-state index in [0.29, 0.717) is 72.4 Å². The van der Waals surface area contributed by atoms with Gasteiger partial charge < -0.3 is 24.3 Å². The zero-order valence-corrected chi connectivity index (χ0v) is 18.6. The van der Waals surface area contributed by atoms with Crippen molar-refractivity contribution in [3.8, 4) is 0 Å². The fourth-order valence-corrected chi connectivity index (χ4v) is 3.76. The molecule has 1 amide bonds. The van der Waals surface area contributed by atoms with Crippen LogP contribution in [0.15, 0.2) is 34.5 Å². The minimum Gasteiger partial charge on any atom is -0.379 e. The monoisotopic (exact) mass is 459 g/mol. The third kappa shape index (κ3) is 17.3. The van der Waals surface area contributed by atoms with Crippen molar-refractivity contribution in [1.82, 2.24) is 10.3 Å². The van der Waals surface area contributed by atoms with Crippen LogP contribution in [0.4, 0.5) is 0 Å². The maximum atomic E-state index is 11.7. The Hall–Kier alpha value is -1.53. The molecule has 0 spiro atoms. The molecule has 12 heteroatoms. The summed E-state index contributed by atoms with van der Waals surface area (Å²) in [4.78, 5) is 18.6. The first kappa shape index (κ1) is 26.5. The highest BCUT2D eigenvalue weighted by molar-refractivity contribution is 8.76. The van der Waals surface area contributed by atoms with E-state index in [1.807, 2.05) is 18.2 Å². The molecule has 1 rings (SSSR count). The van der Waals surface area contributed by atoms with Crippen LogP contribution in [0.5, 0.6) is 0 Å². The molecule has 0 unspecified atom stereocenters. The number of rotatable bonds is 20. The van der Waals surface area contributed by atoms with E-state index in [1.165, 1.54) is 0 Å². The van der Waals surface area contributed by atoms with Gasteiger partial charge in [0.15, 0.2) is 0 Å². The predicted octanol–water partition coefficient (Wildman–Crippen LogP) is 2.70. The molecule has 10 nitrogen and oxygen atoms in total. The molecular weight excluding hydrogens is 430 g/mol. The van der Waals surface area contributed by atoms with Crippen molar-refractivity contribution in [2.75, 3.05) is 71.7 Å². The fraction of sp³-hybridized carbons (Fsp3) is 0.667. The third-order valence-corrected chi connectivity index (χ3v) is 5.54. The molecule has 168 valence electrons. The Morgan fingerprint density at radius 2 is 1.70 bits per heavy atom. The summed E-state index contributed by atoms with van der Waals surface area (Å²) in [7, 11) is 3.18. The Labute approximate surface area is 184 Å². The average molecular weight is 460 g/mol. The van der Waals surface area contributed by atoms with E-state index >= 15 is 0 Å². The summed E-state index contributed by atoms with van der Waals surface area (Å²) in [6, 6.07) is 5.76. The number of pyridine rings is 1. The molecule has 0 fully saturated rings. The Morgan fingerprint density at radius 1 is 1.03 bits per heavy atom. The minimum atomic E-state index is 0.0166. The molecule has 0 aliphatic rings. The van der Waals surface area contributed by atoms with E-state index in [1.54, 1.807) is 27.8 Å².